The number of pyridine rings is 1. The van der Waals surface area contributed by atoms with Crippen LogP contribution in [0.25, 0.3) is 10.3 Å². The second kappa shape index (κ2) is 3.34. The SMILES string of the molecule is COC(=O)c1ccnc2sc(C)nc12. The van der Waals surface area contributed by atoms with Gasteiger partial charge in [-0.1, -0.05) is 11.3 Å². The highest BCUT2D eigenvalue weighted by atomic mass is 32.1. The van der Waals surface area contributed by atoms with Gasteiger partial charge in [0.15, 0.2) is 0 Å². The molecule has 0 saturated heterocycles. The van der Waals surface area contributed by atoms with Crippen molar-refractivity contribution < 1.29 is 9.53 Å². The monoisotopic (exact) mass is 208 g/mol. The predicted octanol–water partition coefficient (Wildman–Crippen LogP) is 1.79. The van der Waals surface area contributed by atoms with Gasteiger partial charge in [0, 0.05) is 6.20 Å². The number of aromatic nitrogens is 2. The number of nitrogens with zero attached hydrogens (tertiary/aromatic N) is 2. The third-order valence-electron chi connectivity index (χ3n) is 1.81. The molecule has 0 aliphatic carbocycles. The Morgan fingerprint density at radius 3 is 3.07 bits per heavy atom. The molecule has 72 valence electrons. The van der Waals surface area contributed by atoms with Crippen LogP contribution in [-0.4, -0.2) is 23.0 Å². The summed E-state index contributed by atoms with van der Waals surface area (Å²) in [5.74, 6) is -0.372. The number of fused-ring (bicyclic) bond motifs is 1. The van der Waals surface area contributed by atoms with Crippen LogP contribution in [-0.2, 0) is 4.74 Å². The Morgan fingerprint density at radius 1 is 1.57 bits per heavy atom. The van der Waals surface area contributed by atoms with Gasteiger partial charge in [-0.25, -0.2) is 14.8 Å². The fourth-order valence-corrected chi connectivity index (χ4v) is 1.99. The van der Waals surface area contributed by atoms with Crippen LogP contribution in [0.15, 0.2) is 12.3 Å². The van der Waals surface area contributed by atoms with Crippen molar-refractivity contribution in [2.24, 2.45) is 0 Å². The maximum Gasteiger partial charge on any atom is 0.340 e. The molecular weight excluding hydrogens is 200 g/mol. The molecule has 0 aliphatic heterocycles. The normalized spacial score (nSPS) is 10.4. The maximum absolute atomic E-state index is 11.4. The van der Waals surface area contributed by atoms with Gasteiger partial charge in [-0.05, 0) is 13.0 Å². The minimum absolute atomic E-state index is 0.372. The van der Waals surface area contributed by atoms with Gasteiger partial charge < -0.3 is 4.74 Å². The number of methoxy groups -OCH3 is 1. The van der Waals surface area contributed by atoms with Crippen molar-refractivity contribution in [3.8, 4) is 0 Å². The Kier molecular flexibility index (Phi) is 2.17. The molecule has 0 radical (unpaired) electrons. The average Bonchev–Trinajstić information content (AvgIpc) is 2.56. The summed E-state index contributed by atoms with van der Waals surface area (Å²) in [5, 5.41) is 0.892. The van der Waals surface area contributed by atoms with E-state index in [0.29, 0.717) is 11.1 Å². The number of carbonyl (C=O) groups excluding carboxylic acids is 1. The second-order valence-electron chi connectivity index (χ2n) is 2.74. The Morgan fingerprint density at radius 2 is 2.36 bits per heavy atom. The van der Waals surface area contributed by atoms with E-state index in [1.807, 2.05) is 6.92 Å². The van der Waals surface area contributed by atoms with E-state index in [0.717, 1.165) is 9.84 Å². The molecule has 0 atom stereocenters. The zero-order valence-corrected chi connectivity index (χ0v) is 8.59. The lowest BCUT2D eigenvalue weighted by atomic mass is 10.2. The molecule has 0 bridgehead atoms. The van der Waals surface area contributed by atoms with E-state index in [2.05, 4.69) is 14.7 Å². The average molecular weight is 208 g/mol. The van der Waals surface area contributed by atoms with E-state index in [1.54, 1.807) is 12.3 Å². The smallest absolute Gasteiger partial charge is 0.340 e. The van der Waals surface area contributed by atoms with Crippen LogP contribution in [0.3, 0.4) is 0 Å². The molecule has 0 spiro atoms. The molecule has 0 unspecified atom stereocenters. The van der Waals surface area contributed by atoms with E-state index in [1.165, 1.54) is 18.4 Å². The topological polar surface area (TPSA) is 52.1 Å². The molecule has 0 aliphatic rings. The zero-order valence-electron chi connectivity index (χ0n) is 7.77. The Labute approximate surface area is 84.6 Å². The van der Waals surface area contributed by atoms with Crippen molar-refractivity contribution in [3.05, 3.63) is 22.8 Å². The number of esters is 1. The molecule has 0 aromatic carbocycles. The van der Waals surface area contributed by atoms with Crippen LogP contribution in [0.5, 0.6) is 0 Å². The van der Waals surface area contributed by atoms with E-state index < -0.39 is 0 Å². The van der Waals surface area contributed by atoms with Crippen LogP contribution in [0, 0.1) is 6.92 Å². The highest BCUT2D eigenvalue weighted by molar-refractivity contribution is 7.18. The summed E-state index contributed by atoms with van der Waals surface area (Å²) in [7, 11) is 1.35. The Balaban J connectivity index is 2.70. The Bertz CT molecular complexity index is 493. The van der Waals surface area contributed by atoms with E-state index >= 15 is 0 Å². The molecule has 0 fully saturated rings. The number of thiazole rings is 1. The second-order valence-corrected chi connectivity index (χ2v) is 3.92. The van der Waals surface area contributed by atoms with Gasteiger partial charge in [-0.2, -0.15) is 0 Å². The van der Waals surface area contributed by atoms with Gasteiger partial charge in [0.1, 0.15) is 10.3 Å². The summed E-state index contributed by atoms with van der Waals surface area (Å²) < 4.78 is 4.65. The molecule has 2 aromatic rings. The molecule has 0 saturated carbocycles. The predicted molar refractivity (Wildman–Crippen MR) is 53.5 cm³/mol. The van der Waals surface area contributed by atoms with Gasteiger partial charge in [0.05, 0.1) is 17.7 Å². The summed E-state index contributed by atoms with van der Waals surface area (Å²) >= 11 is 1.46. The molecule has 2 heterocycles. The number of ether oxygens (including phenoxy) is 1. The fraction of sp³-hybridized carbons (Fsp3) is 0.222. The van der Waals surface area contributed by atoms with Crippen LogP contribution < -0.4 is 0 Å². The first-order valence-electron chi connectivity index (χ1n) is 4.03. The highest BCUT2D eigenvalue weighted by Gasteiger charge is 2.13. The minimum Gasteiger partial charge on any atom is -0.465 e. The van der Waals surface area contributed by atoms with Crippen LogP contribution in [0.2, 0.25) is 0 Å². The molecule has 2 aromatic heterocycles. The number of hydrogen-bond acceptors (Lipinski definition) is 5. The van der Waals surface area contributed by atoms with Gasteiger partial charge in [0.2, 0.25) is 0 Å². The molecular formula is C9H8N2O2S. The molecule has 4 nitrogen and oxygen atoms in total. The number of rotatable bonds is 1. The van der Waals surface area contributed by atoms with E-state index in [9.17, 15) is 4.79 Å². The van der Waals surface area contributed by atoms with Crippen molar-refractivity contribution in [2.45, 2.75) is 6.92 Å². The molecule has 2 rings (SSSR count). The minimum atomic E-state index is -0.372. The lowest BCUT2D eigenvalue weighted by molar-refractivity contribution is 0.0602. The first-order chi connectivity index (χ1) is 6.72. The van der Waals surface area contributed by atoms with Gasteiger partial charge in [-0.15, -0.1) is 0 Å². The van der Waals surface area contributed by atoms with Gasteiger partial charge in [-0.3, -0.25) is 0 Å². The van der Waals surface area contributed by atoms with Crippen LogP contribution in [0.1, 0.15) is 15.4 Å². The van der Waals surface area contributed by atoms with E-state index in [-0.39, 0.29) is 5.97 Å². The number of hydrogen-bond donors (Lipinski definition) is 0. The standard InChI is InChI=1S/C9H8N2O2S/c1-5-11-7-6(9(12)13-2)3-4-10-8(7)14-5/h3-4H,1-2H3. The third kappa shape index (κ3) is 1.35. The quantitative estimate of drug-likeness (QED) is 0.670. The maximum atomic E-state index is 11.4. The number of carbonyl (C=O) groups is 1. The van der Waals surface area contributed by atoms with Crippen LogP contribution >= 0.6 is 11.3 Å². The molecule has 14 heavy (non-hydrogen) atoms. The van der Waals surface area contributed by atoms with Crippen molar-refractivity contribution >= 4 is 27.7 Å². The summed E-state index contributed by atoms with van der Waals surface area (Å²) in [4.78, 5) is 20.5. The van der Waals surface area contributed by atoms with Crippen molar-refractivity contribution in [1.29, 1.82) is 0 Å². The van der Waals surface area contributed by atoms with Gasteiger partial charge >= 0.3 is 5.97 Å². The summed E-state index contributed by atoms with van der Waals surface area (Å²) in [6, 6.07) is 1.62. The molecule has 0 N–H and O–H groups in total. The van der Waals surface area contributed by atoms with Crippen molar-refractivity contribution in [1.82, 2.24) is 9.97 Å². The summed E-state index contributed by atoms with van der Waals surface area (Å²) in [6.07, 6.45) is 1.59. The van der Waals surface area contributed by atoms with Crippen molar-refractivity contribution in [2.75, 3.05) is 7.11 Å². The number of aryl methyl sites for hydroxylation is 1. The van der Waals surface area contributed by atoms with Gasteiger partial charge in [0.25, 0.3) is 0 Å². The zero-order chi connectivity index (χ0) is 10.1. The summed E-state index contributed by atoms with van der Waals surface area (Å²) in [6.45, 7) is 1.88. The summed E-state index contributed by atoms with van der Waals surface area (Å²) in [5.41, 5.74) is 1.10. The molecule has 0 amide bonds. The first kappa shape index (κ1) is 9.08. The lowest BCUT2D eigenvalue weighted by Crippen LogP contribution is -2.02. The highest BCUT2D eigenvalue weighted by Crippen LogP contribution is 2.22. The third-order valence-corrected chi connectivity index (χ3v) is 2.69. The first-order valence-corrected chi connectivity index (χ1v) is 4.84. The van der Waals surface area contributed by atoms with E-state index in [4.69, 9.17) is 0 Å². The van der Waals surface area contributed by atoms with Crippen molar-refractivity contribution in [3.63, 3.8) is 0 Å². The fourth-order valence-electron chi connectivity index (χ4n) is 1.21. The lowest BCUT2D eigenvalue weighted by Gasteiger charge is -1.97. The van der Waals surface area contributed by atoms with Crippen LogP contribution in [0.4, 0.5) is 0 Å². The molecule has 5 heteroatoms. The Hall–Kier alpha value is -1.49. The largest absolute Gasteiger partial charge is 0.465 e.